The number of rotatable bonds is 3. The molecule has 10 heteroatoms. The van der Waals surface area contributed by atoms with E-state index in [1.165, 1.54) is 18.2 Å². The lowest BCUT2D eigenvalue weighted by Crippen LogP contribution is -2.68. The van der Waals surface area contributed by atoms with Crippen molar-refractivity contribution in [1.29, 1.82) is 0 Å². The van der Waals surface area contributed by atoms with Crippen LogP contribution in [0.3, 0.4) is 0 Å². The summed E-state index contributed by atoms with van der Waals surface area (Å²) < 4.78 is 70.8. The molecule has 24 heavy (non-hydrogen) atoms. The molecular formula is C14H14F3NO5S. The highest BCUT2D eigenvalue weighted by Crippen LogP contribution is 2.44. The minimum absolute atomic E-state index is 0.0303. The van der Waals surface area contributed by atoms with Gasteiger partial charge in [0, 0.05) is 19.4 Å². The molecule has 132 valence electrons. The van der Waals surface area contributed by atoms with Gasteiger partial charge in [-0.25, -0.2) is 13.2 Å². The molecule has 2 rings (SSSR count). The van der Waals surface area contributed by atoms with Gasteiger partial charge in [-0.15, -0.1) is 0 Å². The van der Waals surface area contributed by atoms with Crippen molar-refractivity contribution in [2.24, 2.45) is 0 Å². The maximum absolute atomic E-state index is 13.7. The van der Waals surface area contributed by atoms with E-state index in [2.05, 4.69) is 4.74 Å². The molecule has 0 aliphatic carbocycles. The number of nitrogens with zero attached hydrogens (tertiary/aromatic N) is 1. The van der Waals surface area contributed by atoms with Crippen LogP contribution >= 0.6 is 0 Å². The molecule has 0 N–H and O–H groups in total. The quantitative estimate of drug-likeness (QED) is 0.759. The van der Waals surface area contributed by atoms with E-state index in [-0.39, 0.29) is 4.31 Å². The SMILES string of the molecule is COC(=O)[C@]1(C(F)(F)F)CC(=O)CCN1S(=O)(=O)c1ccccc1. The lowest BCUT2D eigenvalue weighted by atomic mass is 9.87. The number of hydrogen-bond donors (Lipinski definition) is 0. The Labute approximate surface area is 136 Å². The van der Waals surface area contributed by atoms with Gasteiger partial charge in [0.2, 0.25) is 15.6 Å². The van der Waals surface area contributed by atoms with E-state index in [9.17, 15) is 31.2 Å². The van der Waals surface area contributed by atoms with Gasteiger partial charge in [0.05, 0.1) is 12.0 Å². The molecule has 1 aromatic carbocycles. The van der Waals surface area contributed by atoms with Crippen LogP contribution in [-0.4, -0.2) is 49.8 Å². The molecule has 0 amide bonds. The van der Waals surface area contributed by atoms with Crippen molar-refractivity contribution >= 4 is 21.8 Å². The largest absolute Gasteiger partial charge is 0.467 e. The number of Topliss-reactive ketones (excluding diaryl/α,β-unsaturated/α-hetero) is 1. The number of sulfonamides is 1. The predicted octanol–water partition coefficient (Wildman–Crippen LogP) is 1.51. The Bertz CT molecular complexity index is 747. The third-order valence-electron chi connectivity index (χ3n) is 3.80. The van der Waals surface area contributed by atoms with Gasteiger partial charge < -0.3 is 4.74 Å². The van der Waals surface area contributed by atoms with E-state index < -0.39 is 57.8 Å². The fraction of sp³-hybridized carbons (Fsp3) is 0.429. The highest BCUT2D eigenvalue weighted by molar-refractivity contribution is 7.89. The number of alkyl halides is 3. The lowest BCUT2D eigenvalue weighted by Gasteiger charge is -2.43. The number of methoxy groups -OCH3 is 1. The molecule has 0 bridgehead atoms. The molecule has 1 saturated heterocycles. The van der Waals surface area contributed by atoms with Crippen LogP contribution in [-0.2, 0) is 24.3 Å². The van der Waals surface area contributed by atoms with Crippen LogP contribution in [0.2, 0.25) is 0 Å². The Morgan fingerprint density at radius 2 is 1.83 bits per heavy atom. The number of esters is 1. The number of halogens is 3. The first-order chi connectivity index (χ1) is 11.1. The first-order valence-corrected chi connectivity index (χ1v) is 8.26. The third-order valence-corrected chi connectivity index (χ3v) is 5.74. The maximum atomic E-state index is 13.7. The molecule has 0 saturated carbocycles. The van der Waals surface area contributed by atoms with Crippen LogP contribution in [0.25, 0.3) is 0 Å². The molecule has 1 heterocycles. The first-order valence-electron chi connectivity index (χ1n) is 6.82. The summed E-state index contributed by atoms with van der Waals surface area (Å²) >= 11 is 0. The van der Waals surface area contributed by atoms with Gasteiger partial charge in [0.1, 0.15) is 5.78 Å². The molecular weight excluding hydrogens is 351 g/mol. The predicted molar refractivity (Wildman–Crippen MR) is 75.4 cm³/mol. The second-order valence-electron chi connectivity index (χ2n) is 5.21. The van der Waals surface area contributed by atoms with Gasteiger partial charge >= 0.3 is 12.1 Å². The standard InChI is InChI=1S/C14H14F3NO5S/c1-23-12(20)13(14(15,16)17)9-10(19)7-8-18(13)24(21,22)11-5-3-2-4-6-11/h2-6H,7-9H2,1H3/t13-/m0/s1. The number of piperidine rings is 1. The zero-order valence-corrected chi connectivity index (χ0v) is 13.4. The Balaban J connectivity index is 2.69. The van der Waals surface area contributed by atoms with Gasteiger partial charge in [-0.1, -0.05) is 18.2 Å². The zero-order valence-electron chi connectivity index (χ0n) is 12.5. The van der Waals surface area contributed by atoms with E-state index in [1.54, 1.807) is 0 Å². The van der Waals surface area contributed by atoms with Crippen molar-refractivity contribution in [3.8, 4) is 0 Å². The van der Waals surface area contributed by atoms with Gasteiger partial charge in [0.25, 0.3) is 0 Å². The van der Waals surface area contributed by atoms with E-state index in [0.717, 1.165) is 12.1 Å². The molecule has 0 radical (unpaired) electrons. The minimum atomic E-state index is -5.32. The summed E-state index contributed by atoms with van der Waals surface area (Å²) in [6.45, 7) is -0.759. The number of ketones is 1. The molecule has 0 unspecified atom stereocenters. The molecule has 1 aromatic rings. The van der Waals surface area contributed by atoms with Crippen molar-refractivity contribution < 1.29 is 35.9 Å². The smallest absolute Gasteiger partial charge is 0.419 e. The van der Waals surface area contributed by atoms with Crippen molar-refractivity contribution in [3.05, 3.63) is 30.3 Å². The Morgan fingerprint density at radius 1 is 1.25 bits per heavy atom. The van der Waals surface area contributed by atoms with Crippen molar-refractivity contribution in [3.63, 3.8) is 0 Å². The van der Waals surface area contributed by atoms with Crippen molar-refractivity contribution in [2.75, 3.05) is 13.7 Å². The second-order valence-corrected chi connectivity index (χ2v) is 7.07. The topological polar surface area (TPSA) is 80.8 Å². The Kier molecular flexibility index (Phi) is 4.73. The van der Waals surface area contributed by atoms with Crippen LogP contribution in [0.4, 0.5) is 13.2 Å². The fourth-order valence-corrected chi connectivity index (χ4v) is 4.36. The van der Waals surface area contributed by atoms with E-state index in [4.69, 9.17) is 0 Å². The zero-order chi connectivity index (χ0) is 18.2. The number of carbonyl (C=O) groups is 2. The molecule has 1 fully saturated rings. The Morgan fingerprint density at radius 3 is 2.33 bits per heavy atom. The van der Waals surface area contributed by atoms with Crippen LogP contribution in [0.5, 0.6) is 0 Å². The molecule has 1 aliphatic rings. The van der Waals surface area contributed by atoms with Crippen molar-refractivity contribution in [1.82, 2.24) is 4.31 Å². The number of benzene rings is 1. The van der Waals surface area contributed by atoms with Gasteiger partial charge in [0.15, 0.2) is 0 Å². The number of carbonyl (C=O) groups excluding carboxylic acids is 2. The van der Waals surface area contributed by atoms with Crippen LogP contribution in [0.1, 0.15) is 12.8 Å². The second kappa shape index (κ2) is 6.17. The summed E-state index contributed by atoms with van der Waals surface area (Å²) in [6.07, 6.45) is -7.05. The van der Waals surface area contributed by atoms with Gasteiger partial charge in [-0.05, 0) is 12.1 Å². The molecule has 1 atom stereocenters. The average molecular weight is 365 g/mol. The highest BCUT2D eigenvalue weighted by Gasteiger charge is 2.69. The number of ether oxygens (including phenoxy) is 1. The number of hydrogen-bond acceptors (Lipinski definition) is 5. The first kappa shape index (κ1) is 18.4. The molecule has 0 spiro atoms. The van der Waals surface area contributed by atoms with E-state index >= 15 is 0 Å². The molecule has 6 nitrogen and oxygen atoms in total. The van der Waals surface area contributed by atoms with Gasteiger partial charge in [-0.2, -0.15) is 17.5 Å². The fourth-order valence-electron chi connectivity index (χ4n) is 2.62. The molecule has 1 aliphatic heterocycles. The van der Waals surface area contributed by atoms with E-state index in [0.29, 0.717) is 7.11 Å². The monoisotopic (exact) mass is 365 g/mol. The minimum Gasteiger partial charge on any atom is -0.467 e. The maximum Gasteiger partial charge on any atom is 0.419 e. The summed E-state index contributed by atoms with van der Waals surface area (Å²) in [5.41, 5.74) is -3.56. The highest BCUT2D eigenvalue weighted by atomic mass is 32.2. The van der Waals surface area contributed by atoms with Crippen molar-refractivity contribution in [2.45, 2.75) is 29.5 Å². The normalized spacial score (nSPS) is 23.1. The lowest BCUT2D eigenvalue weighted by molar-refractivity contribution is -0.232. The summed E-state index contributed by atoms with van der Waals surface area (Å²) in [5, 5.41) is 0. The van der Waals surface area contributed by atoms with E-state index in [1.807, 2.05) is 0 Å². The molecule has 0 aromatic heterocycles. The van der Waals surface area contributed by atoms with Crippen LogP contribution in [0.15, 0.2) is 35.2 Å². The Hall–Kier alpha value is -1.94. The average Bonchev–Trinajstić information content (AvgIpc) is 2.53. The summed E-state index contributed by atoms with van der Waals surface area (Å²) in [6, 6.07) is 6.41. The van der Waals surface area contributed by atoms with Gasteiger partial charge in [-0.3, -0.25) is 4.79 Å². The summed E-state index contributed by atoms with van der Waals surface area (Å²) in [7, 11) is -3.96. The van der Waals surface area contributed by atoms with Crippen LogP contribution in [0, 0.1) is 0 Å². The van der Waals surface area contributed by atoms with Crippen LogP contribution < -0.4 is 0 Å². The summed E-state index contributed by atoms with van der Waals surface area (Å²) in [4.78, 5) is 23.2. The summed E-state index contributed by atoms with van der Waals surface area (Å²) in [5.74, 6) is -2.69. The third kappa shape index (κ3) is 2.80.